The molecule has 1 saturated carbocycles. The molecule has 0 aliphatic heterocycles. The van der Waals surface area contributed by atoms with Crippen molar-refractivity contribution < 1.29 is 47.9 Å². The van der Waals surface area contributed by atoms with Gasteiger partial charge in [-0.05, 0) is 44.9 Å². The lowest BCUT2D eigenvalue weighted by Crippen LogP contribution is -2.45. The molecule has 314 valence electrons. The van der Waals surface area contributed by atoms with Crippen LogP contribution in [0.2, 0.25) is 0 Å². The van der Waals surface area contributed by atoms with E-state index >= 15 is 0 Å². The molecular formula is C42H77N2O9P. The van der Waals surface area contributed by atoms with Gasteiger partial charge in [-0.3, -0.25) is 14.2 Å². The van der Waals surface area contributed by atoms with Crippen molar-refractivity contribution >= 4 is 19.5 Å². The van der Waals surface area contributed by atoms with E-state index < -0.39 is 38.8 Å². The topological polar surface area (TPSA) is 165 Å². The number of rotatable bonds is 33. The van der Waals surface area contributed by atoms with Crippen LogP contribution in [-0.2, 0) is 23.2 Å². The maximum absolute atomic E-state index is 12.9. The van der Waals surface area contributed by atoms with Crippen molar-refractivity contribution in [2.24, 2.45) is 11.8 Å². The minimum Gasteiger partial charge on any atom is -0.756 e. The normalized spacial score (nSPS) is 21.0. The summed E-state index contributed by atoms with van der Waals surface area (Å²) in [5, 5.41) is 34.4. The van der Waals surface area contributed by atoms with Gasteiger partial charge >= 0.3 is 0 Å². The summed E-state index contributed by atoms with van der Waals surface area (Å²) in [6.45, 7) is 4.27. The Balaban J connectivity index is 2.59. The van der Waals surface area contributed by atoms with Gasteiger partial charge in [-0.2, -0.15) is 0 Å². The number of ketones is 1. The van der Waals surface area contributed by atoms with Gasteiger partial charge in [0.05, 0.1) is 52.1 Å². The minimum absolute atomic E-state index is 0.0504. The number of nitrogens with zero attached hydrogens (tertiary/aromatic N) is 1. The Hall–Kier alpha value is -1.69. The van der Waals surface area contributed by atoms with E-state index in [2.05, 4.69) is 31.3 Å². The highest BCUT2D eigenvalue weighted by Gasteiger charge is 2.39. The highest BCUT2D eigenvalue weighted by Crippen LogP contribution is 2.38. The molecule has 0 saturated heterocycles. The number of unbranched alkanes of at least 4 members (excludes halogenated alkanes) is 12. The van der Waals surface area contributed by atoms with Gasteiger partial charge in [0.2, 0.25) is 5.91 Å². The van der Waals surface area contributed by atoms with Gasteiger partial charge in [0.15, 0.2) is 0 Å². The van der Waals surface area contributed by atoms with Gasteiger partial charge in [0, 0.05) is 24.7 Å². The molecule has 4 N–H and O–H groups in total. The number of amides is 1. The van der Waals surface area contributed by atoms with Gasteiger partial charge in [-0.15, -0.1) is 0 Å². The molecule has 1 aliphatic rings. The van der Waals surface area contributed by atoms with Crippen LogP contribution in [0.3, 0.4) is 0 Å². The van der Waals surface area contributed by atoms with Gasteiger partial charge in [-0.25, -0.2) is 0 Å². The summed E-state index contributed by atoms with van der Waals surface area (Å²) in [7, 11) is 1.09. The molecule has 0 heterocycles. The number of aliphatic hydroxyl groups is 3. The van der Waals surface area contributed by atoms with Crippen LogP contribution in [-0.4, -0.2) is 96.7 Å². The summed E-state index contributed by atoms with van der Waals surface area (Å²) in [6.07, 6.45) is 26.6. The smallest absolute Gasteiger partial charge is 0.268 e. The Morgan fingerprint density at radius 2 is 1.52 bits per heavy atom. The number of allylic oxidation sites excluding steroid dienone is 3. The van der Waals surface area contributed by atoms with E-state index in [1.165, 1.54) is 38.5 Å². The van der Waals surface area contributed by atoms with Gasteiger partial charge in [-0.1, -0.05) is 121 Å². The largest absolute Gasteiger partial charge is 0.756 e. The monoisotopic (exact) mass is 785 g/mol. The standard InChI is InChI=1S/C42H77N2O9P/c1-6-8-10-11-12-13-14-15-16-17-18-23-27-39(46)38(34-53-54(50,51)52-32-31-44(3,4)5)43-42(49)28-24-20-19-22-26-36-37(41(48)33-40(36)47)30-29-35(45)25-21-9-7-2/h15-16,23,27,29-30,35-39,41,45-46,48H,6-14,17-22,24-26,28,31-34H2,1-5H3,(H-,43,49,50,51)/b16-15-,27-23+,30-29+/t35-,36+,37+,38-,39+,41+/m0/s1. The van der Waals surface area contributed by atoms with Crippen LogP contribution in [0.25, 0.3) is 0 Å². The predicted octanol–water partition coefficient (Wildman–Crippen LogP) is 7.09. The molecule has 1 fully saturated rings. The second kappa shape index (κ2) is 29.5. The van der Waals surface area contributed by atoms with E-state index in [1.807, 2.05) is 33.3 Å². The van der Waals surface area contributed by atoms with E-state index in [0.29, 0.717) is 36.7 Å². The molecule has 0 radical (unpaired) electrons. The molecule has 0 aromatic heterocycles. The lowest BCUT2D eigenvalue weighted by Gasteiger charge is -2.29. The first-order valence-corrected chi connectivity index (χ1v) is 22.4. The van der Waals surface area contributed by atoms with E-state index in [1.54, 1.807) is 12.2 Å². The Morgan fingerprint density at radius 3 is 2.24 bits per heavy atom. The second-order valence-corrected chi connectivity index (χ2v) is 17.5. The molecule has 7 atom stereocenters. The molecule has 0 aromatic rings. The third kappa shape index (κ3) is 25.5. The fourth-order valence-electron chi connectivity index (χ4n) is 6.53. The number of nitrogens with one attached hydrogen (secondary N) is 1. The van der Waals surface area contributed by atoms with Crippen molar-refractivity contribution in [3.8, 4) is 0 Å². The number of hydrogen-bond donors (Lipinski definition) is 4. The van der Waals surface area contributed by atoms with Crippen LogP contribution >= 0.6 is 7.82 Å². The summed E-state index contributed by atoms with van der Waals surface area (Å²) in [6, 6.07) is -0.990. The Morgan fingerprint density at radius 1 is 0.889 bits per heavy atom. The van der Waals surface area contributed by atoms with Crippen LogP contribution in [0.4, 0.5) is 0 Å². The highest BCUT2D eigenvalue weighted by molar-refractivity contribution is 7.45. The number of likely N-dealkylation sites (N-methyl/N-ethyl adjacent to an activating group) is 1. The maximum Gasteiger partial charge on any atom is 0.268 e. The van der Waals surface area contributed by atoms with Crippen molar-refractivity contribution in [3.63, 3.8) is 0 Å². The van der Waals surface area contributed by atoms with Crippen LogP contribution in [0.15, 0.2) is 36.5 Å². The van der Waals surface area contributed by atoms with Crippen molar-refractivity contribution in [1.29, 1.82) is 0 Å². The molecule has 0 aromatic carbocycles. The zero-order chi connectivity index (χ0) is 40.2. The third-order valence-corrected chi connectivity index (χ3v) is 10.9. The van der Waals surface area contributed by atoms with Crippen molar-refractivity contribution in [2.45, 2.75) is 167 Å². The summed E-state index contributed by atoms with van der Waals surface area (Å²) in [5.41, 5.74) is 0. The number of carbonyl (C=O) groups is 2. The van der Waals surface area contributed by atoms with E-state index in [9.17, 15) is 34.4 Å². The zero-order valence-electron chi connectivity index (χ0n) is 34.4. The number of phosphoric acid groups is 1. The lowest BCUT2D eigenvalue weighted by atomic mass is 9.88. The van der Waals surface area contributed by atoms with Crippen molar-refractivity contribution in [3.05, 3.63) is 36.5 Å². The molecule has 0 spiro atoms. The molecule has 12 heteroatoms. The first-order valence-electron chi connectivity index (χ1n) is 21.0. The maximum atomic E-state index is 12.9. The van der Waals surface area contributed by atoms with Gasteiger partial charge < -0.3 is 39.1 Å². The van der Waals surface area contributed by atoms with Crippen LogP contribution in [0, 0.1) is 11.8 Å². The van der Waals surface area contributed by atoms with Gasteiger partial charge in [0.1, 0.15) is 18.9 Å². The average Bonchev–Trinajstić information content (AvgIpc) is 3.37. The number of Topliss-reactive ketones (excluding diaryl/α,β-unsaturated/α-hetero) is 1. The quantitative estimate of drug-likeness (QED) is 0.0235. The highest BCUT2D eigenvalue weighted by atomic mass is 31.2. The predicted molar refractivity (Wildman–Crippen MR) is 215 cm³/mol. The number of phosphoric ester groups is 1. The van der Waals surface area contributed by atoms with E-state index in [0.717, 1.165) is 51.4 Å². The summed E-state index contributed by atoms with van der Waals surface area (Å²) >= 11 is 0. The van der Waals surface area contributed by atoms with Crippen LogP contribution in [0.1, 0.15) is 142 Å². The molecule has 1 rings (SSSR count). The minimum atomic E-state index is -4.66. The first-order chi connectivity index (χ1) is 25.7. The van der Waals surface area contributed by atoms with E-state index in [-0.39, 0.29) is 43.0 Å². The van der Waals surface area contributed by atoms with E-state index in [4.69, 9.17) is 9.05 Å². The molecule has 0 bridgehead atoms. The first kappa shape index (κ1) is 50.3. The second-order valence-electron chi connectivity index (χ2n) is 16.1. The Labute approximate surface area is 327 Å². The third-order valence-electron chi connectivity index (χ3n) is 9.97. The molecule has 1 aliphatic carbocycles. The number of quaternary nitrogens is 1. The average molecular weight is 785 g/mol. The molecule has 1 amide bonds. The molecule has 11 nitrogen and oxygen atoms in total. The number of aliphatic hydroxyl groups excluding tert-OH is 3. The van der Waals surface area contributed by atoms with Crippen molar-refractivity contribution in [2.75, 3.05) is 40.9 Å². The van der Waals surface area contributed by atoms with Crippen molar-refractivity contribution in [1.82, 2.24) is 5.32 Å². The summed E-state index contributed by atoms with van der Waals surface area (Å²) in [4.78, 5) is 38.0. The molecule has 54 heavy (non-hydrogen) atoms. The number of hydrogen-bond acceptors (Lipinski definition) is 9. The number of carbonyl (C=O) groups excluding carboxylic acids is 2. The lowest BCUT2D eigenvalue weighted by molar-refractivity contribution is -0.870. The zero-order valence-corrected chi connectivity index (χ0v) is 35.3. The van der Waals surface area contributed by atoms with Gasteiger partial charge in [0.25, 0.3) is 7.82 Å². The van der Waals surface area contributed by atoms with Crippen LogP contribution in [0.5, 0.6) is 0 Å². The fraction of sp³-hybridized carbons (Fsp3) is 0.810. The molecular weight excluding hydrogens is 707 g/mol. The van der Waals surface area contributed by atoms with Crippen LogP contribution < -0.4 is 10.2 Å². The summed E-state index contributed by atoms with van der Waals surface area (Å²) in [5.74, 6) is -0.828. The fourth-order valence-corrected chi connectivity index (χ4v) is 7.26. The SMILES string of the molecule is CCCCCCCC/C=C\CC/C=C/[C@@H](O)[C@H](COP(=O)([O-])OCC[N+](C)(C)C)NC(=O)CCCCCC[C@H]1C(=O)C[C@@H](O)[C@@H]1/C=C/[C@@H](O)CCCCC. The Kier molecular flexibility index (Phi) is 27.5. The Bertz CT molecular complexity index is 1140. The summed E-state index contributed by atoms with van der Waals surface area (Å²) < 4.78 is 23.1. The molecule has 1 unspecified atom stereocenters.